The molecule has 0 fully saturated rings. The number of hydrogen-bond acceptors (Lipinski definition) is 5. The molecule has 1 aromatic heterocycles. The summed E-state index contributed by atoms with van der Waals surface area (Å²) in [6, 6.07) is 5.02. The van der Waals surface area contributed by atoms with Gasteiger partial charge in [-0.25, -0.2) is 0 Å². The fraction of sp³-hybridized carbons (Fsp3) is 0.111. The Morgan fingerprint density at radius 2 is 2.21 bits per heavy atom. The van der Waals surface area contributed by atoms with E-state index in [0.29, 0.717) is 10.9 Å². The minimum atomic E-state index is 0.185. The van der Waals surface area contributed by atoms with E-state index >= 15 is 0 Å². The molecular formula is C9H8N2O2S. The Morgan fingerprint density at radius 1 is 1.36 bits per heavy atom. The molecule has 0 atom stereocenters. The molecule has 2 rings (SSSR count). The molecule has 72 valence electrons. The van der Waals surface area contributed by atoms with Gasteiger partial charge in [0.2, 0.25) is 0 Å². The van der Waals surface area contributed by atoms with Crippen LogP contribution < -0.4 is 4.74 Å². The Balaban J connectivity index is 2.25. The van der Waals surface area contributed by atoms with Gasteiger partial charge in [-0.1, -0.05) is 0 Å². The first-order chi connectivity index (χ1) is 6.74. The molecule has 5 heteroatoms. The third kappa shape index (κ3) is 2.00. The van der Waals surface area contributed by atoms with Crippen molar-refractivity contribution in [2.75, 3.05) is 0 Å². The van der Waals surface area contributed by atoms with Crippen LogP contribution in [0.5, 0.6) is 16.7 Å². The van der Waals surface area contributed by atoms with Crippen LogP contribution in [0, 0.1) is 6.92 Å². The standard InChI is InChI=1S/C9H8N2O2S/c1-6-2-7(12)4-8(3-6)13-9-10-5-11-14-9/h2-5,12H,1H3. The second kappa shape index (κ2) is 3.63. The molecule has 1 N–H and O–H groups in total. The largest absolute Gasteiger partial charge is 0.508 e. The first kappa shape index (κ1) is 8.96. The summed E-state index contributed by atoms with van der Waals surface area (Å²) in [6.07, 6.45) is 1.43. The van der Waals surface area contributed by atoms with Gasteiger partial charge >= 0.3 is 0 Å². The van der Waals surface area contributed by atoms with Crippen LogP contribution in [0.4, 0.5) is 0 Å². The lowest BCUT2D eigenvalue weighted by Crippen LogP contribution is -1.83. The summed E-state index contributed by atoms with van der Waals surface area (Å²) >= 11 is 1.16. The summed E-state index contributed by atoms with van der Waals surface area (Å²) in [5, 5.41) is 9.78. The van der Waals surface area contributed by atoms with Gasteiger partial charge in [0, 0.05) is 17.6 Å². The van der Waals surface area contributed by atoms with Gasteiger partial charge in [-0.3, -0.25) is 0 Å². The maximum Gasteiger partial charge on any atom is 0.298 e. The highest BCUT2D eigenvalue weighted by Gasteiger charge is 2.02. The van der Waals surface area contributed by atoms with E-state index in [1.807, 2.05) is 13.0 Å². The molecule has 0 amide bonds. The summed E-state index contributed by atoms with van der Waals surface area (Å²) in [5.74, 6) is 0.753. The van der Waals surface area contributed by atoms with Gasteiger partial charge in [0.05, 0.1) is 0 Å². The molecule has 0 radical (unpaired) electrons. The topological polar surface area (TPSA) is 55.2 Å². The fourth-order valence-electron chi connectivity index (χ4n) is 1.10. The van der Waals surface area contributed by atoms with Crippen LogP contribution >= 0.6 is 11.5 Å². The number of phenols is 1. The summed E-state index contributed by atoms with van der Waals surface area (Å²) in [7, 11) is 0. The van der Waals surface area contributed by atoms with Crippen molar-refractivity contribution in [2.45, 2.75) is 6.92 Å². The lowest BCUT2D eigenvalue weighted by atomic mass is 10.2. The molecule has 0 aliphatic rings. The van der Waals surface area contributed by atoms with Crippen molar-refractivity contribution in [3.63, 3.8) is 0 Å². The normalized spacial score (nSPS) is 10.1. The molecule has 14 heavy (non-hydrogen) atoms. The number of benzene rings is 1. The van der Waals surface area contributed by atoms with E-state index in [9.17, 15) is 5.11 Å². The SMILES string of the molecule is Cc1cc(O)cc(Oc2ncns2)c1. The average Bonchev–Trinajstić information content (AvgIpc) is 2.54. The van der Waals surface area contributed by atoms with Crippen LogP contribution in [-0.4, -0.2) is 14.5 Å². The number of aromatic nitrogens is 2. The predicted octanol–water partition coefficient (Wildman–Crippen LogP) is 2.34. The number of ether oxygens (including phenoxy) is 1. The first-order valence-electron chi connectivity index (χ1n) is 3.99. The maximum absolute atomic E-state index is 9.31. The van der Waals surface area contributed by atoms with Crippen LogP contribution in [-0.2, 0) is 0 Å². The highest BCUT2D eigenvalue weighted by molar-refractivity contribution is 7.07. The number of hydrogen-bond donors (Lipinski definition) is 1. The minimum absolute atomic E-state index is 0.185. The zero-order valence-electron chi connectivity index (χ0n) is 7.47. The van der Waals surface area contributed by atoms with Crippen molar-refractivity contribution in [2.24, 2.45) is 0 Å². The fourth-order valence-corrected chi connectivity index (χ4v) is 1.51. The minimum Gasteiger partial charge on any atom is -0.508 e. The molecule has 0 aliphatic carbocycles. The molecule has 4 nitrogen and oxygen atoms in total. The quantitative estimate of drug-likeness (QED) is 0.823. The Hall–Kier alpha value is -1.62. The van der Waals surface area contributed by atoms with Crippen molar-refractivity contribution in [3.05, 3.63) is 30.1 Å². The van der Waals surface area contributed by atoms with Gasteiger partial charge in [-0.05, 0) is 24.6 Å². The van der Waals surface area contributed by atoms with Gasteiger partial charge in [-0.2, -0.15) is 9.36 Å². The Labute approximate surface area is 85.0 Å². The van der Waals surface area contributed by atoms with Crippen LogP contribution in [0.1, 0.15) is 5.56 Å². The molecule has 1 heterocycles. The highest BCUT2D eigenvalue weighted by atomic mass is 32.1. The van der Waals surface area contributed by atoms with Crippen molar-refractivity contribution in [1.29, 1.82) is 0 Å². The Morgan fingerprint density at radius 3 is 2.86 bits per heavy atom. The predicted molar refractivity (Wildman–Crippen MR) is 52.8 cm³/mol. The van der Waals surface area contributed by atoms with Crippen molar-refractivity contribution < 1.29 is 9.84 Å². The van der Waals surface area contributed by atoms with E-state index in [-0.39, 0.29) is 5.75 Å². The second-order valence-corrected chi connectivity index (χ2v) is 3.56. The second-order valence-electron chi connectivity index (χ2n) is 2.81. The van der Waals surface area contributed by atoms with Gasteiger partial charge < -0.3 is 9.84 Å². The zero-order valence-corrected chi connectivity index (χ0v) is 8.28. The smallest absolute Gasteiger partial charge is 0.298 e. The van der Waals surface area contributed by atoms with Crippen molar-refractivity contribution >= 4 is 11.5 Å². The highest BCUT2D eigenvalue weighted by Crippen LogP contribution is 2.26. The summed E-state index contributed by atoms with van der Waals surface area (Å²) in [6.45, 7) is 1.88. The van der Waals surface area contributed by atoms with Gasteiger partial charge in [0.1, 0.15) is 17.8 Å². The summed E-state index contributed by atoms with van der Waals surface area (Å²) in [5.41, 5.74) is 0.935. The number of rotatable bonds is 2. The van der Waals surface area contributed by atoms with Gasteiger partial charge in [0.15, 0.2) is 0 Å². The number of nitrogens with zero attached hydrogens (tertiary/aromatic N) is 2. The molecular weight excluding hydrogens is 200 g/mol. The van der Waals surface area contributed by atoms with E-state index < -0.39 is 0 Å². The van der Waals surface area contributed by atoms with Crippen LogP contribution in [0.3, 0.4) is 0 Å². The third-order valence-corrected chi connectivity index (χ3v) is 2.13. The molecule has 1 aromatic carbocycles. The molecule has 0 saturated carbocycles. The van der Waals surface area contributed by atoms with Crippen LogP contribution in [0.25, 0.3) is 0 Å². The monoisotopic (exact) mass is 208 g/mol. The molecule has 2 aromatic rings. The summed E-state index contributed by atoms with van der Waals surface area (Å²) in [4.78, 5) is 3.87. The third-order valence-electron chi connectivity index (χ3n) is 1.58. The van der Waals surface area contributed by atoms with E-state index in [1.165, 1.54) is 12.4 Å². The van der Waals surface area contributed by atoms with E-state index in [1.54, 1.807) is 6.07 Å². The number of phenolic OH excluding ortho intramolecular Hbond substituents is 1. The molecule has 0 bridgehead atoms. The lowest BCUT2D eigenvalue weighted by Gasteiger charge is -2.02. The zero-order chi connectivity index (χ0) is 9.97. The summed E-state index contributed by atoms with van der Waals surface area (Å²) < 4.78 is 9.17. The van der Waals surface area contributed by atoms with Crippen LogP contribution in [0.2, 0.25) is 0 Å². The number of aromatic hydroxyl groups is 1. The molecule has 0 saturated heterocycles. The van der Waals surface area contributed by atoms with E-state index in [0.717, 1.165) is 17.1 Å². The van der Waals surface area contributed by atoms with Gasteiger partial charge in [0.25, 0.3) is 5.19 Å². The van der Waals surface area contributed by atoms with Gasteiger partial charge in [-0.15, -0.1) is 0 Å². The van der Waals surface area contributed by atoms with E-state index in [4.69, 9.17) is 4.74 Å². The van der Waals surface area contributed by atoms with E-state index in [2.05, 4.69) is 9.36 Å². The van der Waals surface area contributed by atoms with Crippen LogP contribution in [0.15, 0.2) is 24.5 Å². The first-order valence-corrected chi connectivity index (χ1v) is 4.76. The van der Waals surface area contributed by atoms with Crippen molar-refractivity contribution in [3.8, 4) is 16.7 Å². The maximum atomic E-state index is 9.31. The Kier molecular flexibility index (Phi) is 2.32. The van der Waals surface area contributed by atoms with Crippen molar-refractivity contribution in [1.82, 2.24) is 9.36 Å². The lowest BCUT2D eigenvalue weighted by molar-refractivity contribution is 0.453. The Bertz CT molecular complexity index is 408. The molecule has 0 aliphatic heterocycles. The number of aryl methyl sites for hydroxylation is 1. The molecule has 0 spiro atoms. The average molecular weight is 208 g/mol. The molecule has 0 unspecified atom stereocenters.